The Hall–Kier alpha value is -1.39. The van der Waals surface area contributed by atoms with Crippen molar-refractivity contribution in [1.82, 2.24) is 15.0 Å². The molecule has 0 bridgehead atoms. The third kappa shape index (κ3) is 3.16. The molecule has 0 aliphatic heterocycles. The van der Waals surface area contributed by atoms with Crippen LogP contribution in [0.4, 0.5) is 11.9 Å². The van der Waals surface area contributed by atoms with Gasteiger partial charge in [0.25, 0.3) is 0 Å². The predicted molar refractivity (Wildman–Crippen MR) is 56.9 cm³/mol. The van der Waals surface area contributed by atoms with Gasteiger partial charge in [0.1, 0.15) is 5.82 Å². The molecule has 1 aromatic rings. The minimum absolute atomic E-state index is 0.281. The van der Waals surface area contributed by atoms with Crippen molar-refractivity contribution in [3.8, 4) is 0 Å². The second kappa shape index (κ2) is 4.74. The highest BCUT2D eigenvalue weighted by Crippen LogP contribution is 2.04. The Labute approximate surface area is 84.2 Å². The lowest BCUT2D eigenvalue weighted by atomic mass is 10.2. The number of nitrogen functional groups attached to an aromatic ring is 1. The van der Waals surface area contributed by atoms with Gasteiger partial charge in [0.2, 0.25) is 11.9 Å². The van der Waals surface area contributed by atoms with E-state index in [4.69, 9.17) is 5.73 Å². The Kier molecular flexibility index (Phi) is 3.62. The summed E-state index contributed by atoms with van der Waals surface area (Å²) >= 11 is 0. The molecule has 3 N–H and O–H groups in total. The van der Waals surface area contributed by atoms with E-state index in [2.05, 4.69) is 34.1 Å². The summed E-state index contributed by atoms with van der Waals surface area (Å²) in [5, 5.41) is 3.12. The number of nitrogens with one attached hydrogen (secondary N) is 1. The van der Waals surface area contributed by atoms with Gasteiger partial charge < -0.3 is 11.1 Å². The van der Waals surface area contributed by atoms with Crippen LogP contribution in [0.5, 0.6) is 0 Å². The van der Waals surface area contributed by atoms with E-state index in [9.17, 15) is 0 Å². The average molecular weight is 195 g/mol. The van der Waals surface area contributed by atoms with E-state index in [1.807, 2.05) is 6.92 Å². The van der Waals surface area contributed by atoms with Crippen molar-refractivity contribution >= 4 is 11.9 Å². The highest BCUT2D eigenvalue weighted by molar-refractivity contribution is 5.30. The van der Waals surface area contributed by atoms with Gasteiger partial charge in [0.05, 0.1) is 0 Å². The molecule has 14 heavy (non-hydrogen) atoms. The zero-order valence-corrected chi connectivity index (χ0v) is 8.91. The van der Waals surface area contributed by atoms with E-state index >= 15 is 0 Å². The number of nitrogens with zero attached hydrogens (tertiary/aromatic N) is 3. The zero-order valence-electron chi connectivity index (χ0n) is 8.91. The topological polar surface area (TPSA) is 76.7 Å². The molecule has 5 heteroatoms. The van der Waals surface area contributed by atoms with Crippen LogP contribution >= 0.6 is 0 Å². The van der Waals surface area contributed by atoms with Crippen LogP contribution in [-0.4, -0.2) is 21.5 Å². The van der Waals surface area contributed by atoms with Gasteiger partial charge in [-0.15, -0.1) is 0 Å². The van der Waals surface area contributed by atoms with Crippen molar-refractivity contribution in [2.75, 3.05) is 17.6 Å². The quantitative estimate of drug-likeness (QED) is 0.752. The van der Waals surface area contributed by atoms with E-state index in [0.29, 0.717) is 11.9 Å². The monoisotopic (exact) mass is 195 g/mol. The van der Waals surface area contributed by atoms with Crippen LogP contribution in [-0.2, 0) is 6.42 Å². The summed E-state index contributed by atoms with van der Waals surface area (Å²) in [6.07, 6.45) is 0.767. The van der Waals surface area contributed by atoms with Crippen LogP contribution < -0.4 is 11.1 Å². The van der Waals surface area contributed by atoms with Crippen molar-refractivity contribution < 1.29 is 0 Å². The molecule has 1 rings (SSSR count). The molecule has 0 aromatic carbocycles. The van der Waals surface area contributed by atoms with Crippen molar-refractivity contribution in [2.24, 2.45) is 5.92 Å². The summed E-state index contributed by atoms with van der Waals surface area (Å²) in [6.45, 7) is 7.07. The second-order valence-corrected chi connectivity index (χ2v) is 3.56. The summed E-state index contributed by atoms with van der Waals surface area (Å²) in [4.78, 5) is 12.2. The third-order valence-corrected chi connectivity index (χ3v) is 1.68. The van der Waals surface area contributed by atoms with Crippen molar-refractivity contribution in [2.45, 2.75) is 27.2 Å². The molecule has 78 valence electrons. The highest BCUT2D eigenvalue weighted by atomic mass is 15.2. The van der Waals surface area contributed by atoms with E-state index in [0.717, 1.165) is 18.8 Å². The molecule has 1 heterocycles. The Morgan fingerprint density at radius 2 is 2.00 bits per heavy atom. The standard InChI is InChI=1S/C9H17N5/c1-4-7-12-8(10)14-9(13-7)11-5-6(2)3/h6H,4-5H2,1-3H3,(H3,10,11,12,13,14). The molecule has 0 unspecified atom stereocenters. The van der Waals surface area contributed by atoms with E-state index in [1.165, 1.54) is 0 Å². The number of hydrogen-bond donors (Lipinski definition) is 2. The second-order valence-electron chi connectivity index (χ2n) is 3.56. The highest BCUT2D eigenvalue weighted by Gasteiger charge is 2.02. The molecule has 0 saturated heterocycles. The molecule has 5 nitrogen and oxygen atoms in total. The number of hydrogen-bond acceptors (Lipinski definition) is 5. The molecule has 0 radical (unpaired) electrons. The molecular weight excluding hydrogens is 178 g/mol. The first-order valence-corrected chi connectivity index (χ1v) is 4.86. The van der Waals surface area contributed by atoms with Gasteiger partial charge >= 0.3 is 0 Å². The van der Waals surface area contributed by atoms with Crippen molar-refractivity contribution in [3.63, 3.8) is 0 Å². The van der Waals surface area contributed by atoms with Crippen molar-refractivity contribution in [1.29, 1.82) is 0 Å². The number of aryl methyl sites for hydroxylation is 1. The van der Waals surface area contributed by atoms with Gasteiger partial charge in [0, 0.05) is 13.0 Å². The van der Waals surface area contributed by atoms with E-state index in [-0.39, 0.29) is 5.95 Å². The summed E-state index contributed by atoms with van der Waals surface area (Å²) in [6, 6.07) is 0. The zero-order chi connectivity index (χ0) is 10.6. The number of aromatic nitrogens is 3. The van der Waals surface area contributed by atoms with Gasteiger partial charge in [-0.05, 0) is 5.92 Å². The molecule has 0 amide bonds. The lowest BCUT2D eigenvalue weighted by Crippen LogP contribution is -2.13. The Balaban J connectivity index is 2.71. The van der Waals surface area contributed by atoms with Crippen LogP contribution in [0.15, 0.2) is 0 Å². The maximum Gasteiger partial charge on any atom is 0.227 e. The molecule has 0 aliphatic rings. The van der Waals surface area contributed by atoms with Gasteiger partial charge in [-0.25, -0.2) is 0 Å². The Morgan fingerprint density at radius 1 is 1.29 bits per heavy atom. The normalized spacial score (nSPS) is 10.6. The fourth-order valence-electron chi connectivity index (χ4n) is 0.971. The summed E-state index contributed by atoms with van der Waals surface area (Å²) < 4.78 is 0. The molecule has 0 spiro atoms. The first kappa shape index (κ1) is 10.7. The molecule has 1 aromatic heterocycles. The fraction of sp³-hybridized carbons (Fsp3) is 0.667. The maximum atomic E-state index is 5.54. The van der Waals surface area contributed by atoms with Crippen molar-refractivity contribution in [3.05, 3.63) is 5.82 Å². The van der Waals surface area contributed by atoms with Crippen LogP contribution in [0.3, 0.4) is 0 Å². The summed E-state index contributed by atoms with van der Waals surface area (Å²) in [7, 11) is 0. The molecule has 0 saturated carbocycles. The Bertz CT molecular complexity index is 297. The maximum absolute atomic E-state index is 5.54. The van der Waals surface area contributed by atoms with Gasteiger partial charge in [0.15, 0.2) is 0 Å². The van der Waals surface area contributed by atoms with Crippen LogP contribution in [0.2, 0.25) is 0 Å². The third-order valence-electron chi connectivity index (χ3n) is 1.68. The first-order chi connectivity index (χ1) is 6.61. The van der Waals surface area contributed by atoms with Crippen LogP contribution in [0.1, 0.15) is 26.6 Å². The largest absolute Gasteiger partial charge is 0.368 e. The lowest BCUT2D eigenvalue weighted by molar-refractivity contribution is 0.683. The number of anilines is 2. The van der Waals surface area contributed by atoms with Gasteiger partial charge in [-0.1, -0.05) is 20.8 Å². The number of rotatable bonds is 4. The van der Waals surface area contributed by atoms with Gasteiger partial charge in [-0.3, -0.25) is 0 Å². The molecule has 0 aliphatic carbocycles. The summed E-state index contributed by atoms with van der Waals surface area (Å²) in [5.74, 6) is 2.13. The van der Waals surface area contributed by atoms with Gasteiger partial charge in [-0.2, -0.15) is 15.0 Å². The smallest absolute Gasteiger partial charge is 0.227 e. The lowest BCUT2D eigenvalue weighted by Gasteiger charge is -2.08. The fourth-order valence-corrected chi connectivity index (χ4v) is 0.971. The minimum atomic E-state index is 0.281. The summed E-state index contributed by atoms with van der Waals surface area (Å²) in [5.41, 5.74) is 5.54. The Morgan fingerprint density at radius 3 is 2.57 bits per heavy atom. The molecule has 0 atom stereocenters. The average Bonchev–Trinajstić information content (AvgIpc) is 2.14. The van der Waals surface area contributed by atoms with E-state index < -0.39 is 0 Å². The molecular formula is C9H17N5. The molecule has 0 fully saturated rings. The minimum Gasteiger partial charge on any atom is -0.368 e. The predicted octanol–water partition coefficient (Wildman–Crippen LogP) is 1.08. The van der Waals surface area contributed by atoms with E-state index in [1.54, 1.807) is 0 Å². The SMILES string of the molecule is CCc1nc(N)nc(NCC(C)C)n1. The first-order valence-electron chi connectivity index (χ1n) is 4.86. The number of nitrogens with two attached hydrogens (primary N) is 1. The van der Waals surface area contributed by atoms with Crippen LogP contribution in [0.25, 0.3) is 0 Å². The van der Waals surface area contributed by atoms with Crippen LogP contribution in [0, 0.1) is 5.92 Å².